The normalized spacial score (nSPS) is 18.4. The van der Waals surface area contributed by atoms with E-state index in [-0.39, 0.29) is 5.91 Å². The van der Waals surface area contributed by atoms with Crippen LogP contribution in [0.5, 0.6) is 0 Å². The summed E-state index contributed by atoms with van der Waals surface area (Å²) in [4.78, 5) is 14.5. The van der Waals surface area contributed by atoms with Gasteiger partial charge in [-0.1, -0.05) is 28.1 Å². The number of nitrogens with zero attached hydrogens (tertiary/aromatic N) is 1. The third kappa shape index (κ3) is 3.24. The van der Waals surface area contributed by atoms with Gasteiger partial charge >= 0.3 is 0 Å². The zero-order valence-corrected chi connectivity index (χ0v) is 14.0. The molecular weight excluding hydrogens is 350 g/mol. The van der Waals surface area contributed by atoms with Crippen LogP contribution in [0.25, 0.3) is 10.8 Å². The van der Waals surface area contributed by atoms with Gasteiger partial charge in [0.15, 0.2) is 0 Å². The van der Waals surface area contributed by atoms with Gasteiger partial charge in [0.2, 0.25) is 0 Å². The summed E-state index contributed by atoms with van der Waals surface area (Å²) in [7, 11) is 0. The minimum Gasteiger partial charge on any atom is -0.338 e. The van der Waals surface area contributed by atoms with Gasteiger partial charge in [0.25, 0.3) is 5.91 Å². The topological polar surface area (TPSA) is 20.3 Å². The summed E-state index contributed by atoms with van der Waals surface area (Å²) in [5.74, 6) is 1.37. The lowest BCUT2D eigenvalue weighted by Gasteiger charge is -2.16. The highest BCUT2D eigenvalue weighted by molar-refractivity contribution is 9.10. The van der Waals surface area contributed by atoms with E-state index in [0.717, 1.165) is 46.7 Å². The van der Waals surface area contributed by atoms with E-state index >= 15 is 0 Å². The van der Waals surface area contributed by atoms with Crippen molar-refractivity contribution in [2.45, 2.75) is 12.8 Å². The summed E-state index contributed by atoms with van der Waals surface area (Å²) in [6, 6.07) is 12.0. The monoisotopic (exact) mass is 365 g/mol. The Labute approximate surface area is 138 Å². The third-order valence-electron chi connectivity index (χ3n) is 4.14. The van der Waals surface area contributed by atoms with Crippen molar-refractivity contribution in [1.29, 1.82) is 0 Å². The molecule has 4 heteroatoms. The van der Waals surface area contributed by atoms with Gasteiger partial charge in [-0.05, 0) is 53.8 Å². The molecule has 1 heterocycles. The van der Waals surface area contributed by atoms with Crippen molar-refractivity contribution >= 4 is 44.2 Å². The molecule has 0 spiro atoms. The van der Waals surface area contributed by atoms with Crippen molar-refractivity contribution in [3.8, 4) is 0 Å². The lowest BCUT2D eigenvalue weighted by molar-refractivity contribution is 0.0787. The molecule has 0 N–H and O–H groups in total. The van der Waals surface area contributed by atoms with Gasteiger partial charge in [0.1, 0.15) is 0 Å². The molecule has 2 aromatic rings. The average Bonchev–Trinajstić information content (AvgIpc) is 2.95. The molecule has 1 fully saturated rings. The second-order valence-electron chi connectivity index (χ2n) is 5.59. The summed E-state index contributed by atoms with van der Waals surface area (Å²) in [6.45, 7) is 1.68. The molecule has 0 bridgehead atoms. The predicted octanol–water partition coefficient (Wildman–Crippen LogP) is 4.69. The predicted molar refractivity (Wildman–Crippen MR) is 91.0 cm³/mol. The van der Waals surface area contributed by atoms with Gasteiger partial charge in [-0.25, -0.2) is 0 Å². The molecule has 21 heavy (non-hydrogen) atoms. The number of amides is 1. The quantitative estimate of drug-likeness (QED) is 0.721. The average molecular weight is 367 g/mol. The van der Waals surface area contributed by atoms with E-state index in [0.29, 0.717) is 11.8 Å². The SMILES string of the molecule is O=C(c1ccc2cc(Br)ccc2c1)N1CCC(CCCl)C1. The van der Waals surface area contributed by atoms with E-state index < -0.39 is 0 Å². The lowest BCUT2D eigenvalue weighted by Crippen LogP contribution is -2.28. The maximum atomic E-state index is 12.6. The van der Waals surface area contributed by atoms with Crippen LogP contribution in [0.2, 0.25) is 0 Å². The van der Waals surface area contributed by atoms with Crippen LogP contribution < -0.4 is 0 Å². The Morgan fingerprint density at radius 1 is 1.24 bits per heavy atom. The molecular formula is C17H17BrClNO. The van der Waals surface area contributed by atoms with Crippen molar-refractivity contribution in [2.75, 3.05) is 19.0 Å². The second-order valence-corrected chi connectivity index (χ2v) is 6.88. The second kappa shape index (κ2) is 6.37. The van der Waals surface area contributed by atoms with Gasteiger partial charge in [-0.2, -0.15) is 0 Å². The number of halogens is 2. The maximum Gasteiger partial charge on any atom is 0.253 e. The zero-order valence-electron chi connectivity index (χ0n) is 11.7. The summed E-state index contributed by atoms with van der Waals surface area (Å²) in [6.07, 6.45) is 2.07. The van der Waals surface area contributed by atoms with Crippen molar-refractivity contribution in [1.82, 2.24) is 4.90 Å². The maximum absolute atomic E-state index is 12.6. The molecule has 110 valence electrons. The Morgan fingerprint density at radius 2 is 2.00 bits per heavy atom. The zero-order chi connectivity index (χ0) is 14.8. The van der Waals surface area contributed by atoms with Gasteiger partial charge < -0.3 is 4.90 Å². The molecule has 1 aliphatic heterocycles. The first-order valence-electron chi connectivity index (χ1n) is 7.22. The van der Waals surface area contributed by atoms with Crippen LogP contribution in [0.4, 0.5) is 0 Å². The highest BCUT2D eigenvalue weighted by Crippen LogP contribution is 2.24. The summed E-state index contributed by atoms with van der Waals surface area (Å²) < 4.78 is 1.05. The molecule has 2 aromatic carbocycles. The molecule has 1 aliphatic rings. The standard InChI is InChI=1S/C17H17BrClNO/c18-16-4-3-13-9-15(2-1-14(13)10-16)17(21)20-8-6-12(11-20)5-7-19/h1-4,9-10,12H,5-8,11H2. The van der Waals surface area contributed by atoms with Crippen molar-refractivity contribution in [3.05, 3.63) is 46.4 Å². The molecule has 0 aromatic heterocycles. The molecule has 1 unspecified atom stereocenters. The molecule has 1 saturated heterocycles. The molecule has 0 aliphatic carbocycles. The number of rotatable bonds is 3. The van der Waals surface area contributed by atoms with Crippen molar-refractivity contribution in [3.63, 3.8) is 0 Å². The fourth-order valence-corrected chi connectivity index (χ4v) is 3.63. The minimum absolute atomic E-state index is 0.136. The number of carbonyl (C=O) groups excluding carboxylic acids is 1. The van der Waals surface area contributed by atoms with Gasteiger partial charge in [-0.3, -0.25) is 4.79 Å². The Balaban J connectivity index is 1.80. The Bertz CT molecular complexity index is 673. The summed E-state index contributed by atoms with van der Waals surface area (Å²) in [5, 5.41) is 2.24. The number of hydrogen-bond donors (Lipinski definition) is 0. The summed E-state index contributed by atoms with van der Waals surface area (Å²) >= 11 is 9.27. The Morgan fingerprint density at radius 3 is 2.81 bits per heavy atom. The van der Waals surface area contributed by atoms with Crippen LogP contribution in [-0.4, -0.2) is 29.8 Å². The number of fused-ring (bicyclic) bond motifs is 1. The van der Waals surface area contributed by atoms with E-state index in [4.69, 9.17) is 11.6 Å². The molecule has 0 radical (unpaired) electrons. The molecule has 0 saturated carbocycles. The Kier molecular flexibility index (Phi) is 4.51. The fraction of sp³-hybridized carbons (Fsp3) is 0.353. The van der Waals surface area contributed by atoms with Crippen LogP contribution in [-0.2, 0) is 0 Å². The first kappa shape index (κ1) is 14.9. The lowest BCUT2D eigenvalue weighted by atomic mass is 10.1. The molecule has 3 rings (SSSR count). The van der Waals surface area contributed by atoms with E-state index in [9.17, 15) is 4.79 Å². The minimum atomic E-state index is 0.136. The third-order valence-corrected chi connectivity index (χ3v) is 4.85. The van der Waals surface area contributed by atoms with Crippen LogP contribution in [0.15, 0.2) is 40.9 Å². The van der Waals surface area contributed by atoms with Crippen LogP contribution in [0, 0.1) is 5.92 Å². The van der Waals surface area contributed by atoms with E-state index in [1.54, 1.807) is 0 Å². The van der Waals surface area contributed by atoms with E-state index in [2.05, 4.69) is 22.0 Å². The van der Waals surface area contributed by atoms with Crippen LogP contribution >= 0.6 is 27.5 Å². The smallest absolute Gasteiger partial charge is 0.253 e. The number of likely N-dealkylation sites (tertiary alicyclic amines) is 1. The molecule has 2 nitrogen and oxygen atoms in total. The van der Waals surface area contributed by atoms with Gasteiger partial charge in [-0.15, -0.1) is 11.6 Å². The van der Waals surface area contributed by atoms with Gasteiger partial charge in [0, 0.05) is 29.0 Å². The van der Waals surface area contributed by atoms with E-state index in [1.807, 2.05) is 35.2 Å². The number of alkyl halides is 1. The first-order valence-corrected chi connectivity index (χ1v) is 8.54. The first-order chi connectivity index (χ1) is 10.2. The van der Waals surface area contributed by atoms with Gasteiger partial charge in [0.05, 0.1) is 0 Å². The molecule has 1 amide bonds. The summed E-state index contributed by atoms with van der Waals surface area (Å²) in [5.41, 5.74) is 0.774. The van der Waals surface area contributed by atoms with E-state index in [1.165, 1.54) is 0 Å². The highest BCUT2D eigenvalue weighted by atomic mass is 79.9. The number of benzene rings is 2. The highest BCUT2D eigenvalue weighted by Gasteiger charge is 2.26. The van der Waals surface area contributed by atoms with Crippen molar-refractivity contribution in [2.24, 2.45) is 5.92 Å². The number of carbonyl (C=O) groups is 1. The Hall–Kier alpha value is -1.06. The fourth-order valence-electron chi connectivity index (χ4n) is 2.94. The van der Waals surface area contributed by atoms with Crippen LogP contribution in [0.1, 0.15) is 23.2 Å². The number of hydrogen-bond acceptors (Lipinski definition) is 1. The molecule has 1 atom stereocenters. The van der Waals surface area contributed by atoms with Crippen molar-refractivity contribution < 1.29 is 4.79 Å². The largest absolute Gasteiger partial charge is 0.338 e. The van der Waals surface area contributed by atoms with Crippen LogP contribution in [0.3, 0.4) is 0 Å².